The van der Waals surface area contributed by atoms with E-state index in [1.165, 1.54) is 10.7 Å². The highest BCUT2D eigenvalue weighted by Crippen LogP contribution is 2.27. The van der Waals surface area contributed by atoms with E-state index in [-0.39, 0.29) is 37.4 Å². The molecule has 1 N–H and O–H groups in total. The Balaban J connectivity index is 1.74. The Morgan fingerprint density at radius 2 is 1.84 bits per heavy atom. The molecule has 0 saturated heterocycles. The summed E-state index contributed by atoms with van der Waals surface area (Å²) >= 11 is 9.61. The molecule has 0 aliphatic heterocycles. The Morgan fingerprint density at radius 1 is 1.13 bits per heavy atom. The van der Waals surface area contributed by atoms with E-state index in [2.05, 4.69) is 21.2 Å². The standard InChI is InChI=1S/C28H37BrClN3O4S/c1-20-14-15-24(30)18-26(20)33(38(3,36)37)16-8-13-27(34)32(19-22-9-7-10-23(29)17-22)21(2)28(35)31-25-11-5-4-6-12-25/h7,9-10,14-15,17-18,21,25H,4-6,8,11-13,16,19H2,1-3H3,(H,31,35). The van der Waals surface area contributed by atoms with Gasteiger partial charge < -0.3 is 10.2 Å². The molecule has 1 aliphatic rings. The quantitative estimate of drug-likeness (QED) is 0.340. The summed E-state index contributed by atoms with van der Waals surface area (Å²) in [6.07, 6.45) is 6.85. The van der Waals surface area contributed by atoms with Crippen LogP contribution in [-0.4, -0.2) is 50.0 Å². The van der Waals surface area contributed by atoms with Crippen LogP contribution in [0.2, 0.25) is 5.02 Å². The average molecular weight is 627 g/mol. The zero-order valence-corrected chi connectivity index (χ0v) is 25.4. The Hall–Kier alpha value is -2.10. The number of carbonyl (C=O) groups excluding carboxylic acids is 2. The highest BCUT2D eigenvalue weighted by atomic mass is 79.9. The van der Waals surface area contributed by atoms with E-state index in [0.717, 1.165) is 47.5 Å². The highest BCUT2D eigenvalue weighted by Gasteiger charge is 2.28. The lowest BCUT2D eigenvalue weighted by molar-refractivity contribution is -0.141. The predicted molar refractivity (Wildman–Crippen MR) is 157 cm³/mol. The summed E-state index contributed by atoms with van der Waals surface area (Å²) in [6, 6.07) is 12.2. The molecule has 208 valence electrons. The first-order valence-corrected chi connectivity index (χ1v) is 16.1. The van der Waals surface area contributed by atoms with E-state index in [1.807, 2.05) is 31.2 Å². The number of hydrogen-bond donors (Lipinski definition) is 1. The SMILES string of the molecule is Cc1ccc(Cl)cc1N(CCCC(=O)N(Cc1cccc(Br)c1)C(C)C(=O)NC1CCCCC1)S(C)(=O)=O. The van der Waals surface area contributed by atoms with Gasteiger partial charge in [-0.3, -0.25) is 13.9 Å². The third kappa shape index (κ3) is 8.71. The molecule has 3 rings (SSSR count). The summed E-state index contributed by atoms with van der Waals surface area (Å²) in [5.41, 5.74) is 2.17. The van der Waals surface area contributed by atoms with E-state index < -0.39 is 16.1 Å². The summed E-state index contributed by atoms with van der Waals surface area (Å²) in [7, 11) is -3.59. The van der Waals surface area contributed by atoms with Gasteiger partial charge >= 0.3 is 0 Å². The molecule has 2 aromatic rings. The number of hydrogen-bond acceptors (Lipinski definition) is 4. The molecule has 0 heterocycles. The van der Waals surface area contributed by atoms with Crippen LogP contribution in [0.1, 0.15) is 63.0 Å². The second-order valence-electron chi connectivity index (χ2n) is 10.0. The van der Waals surface area contributed by atoms with Gasteiger partial charge in [0, 0.05) is 35.0 Å². The molecule has 2 amide bonds. The molecule has 2 aromatic carbocycles. The number of aryl methyl sites for hydroxylation is 1. The summed E-state index contributed by atoms with van der Waals surface area (Å²) in [5.74, 6) is -0.361. The molecule has 10 heteroatoms. The van der Waals surface area contributed by atoms with E-state index in [4.69, 9.17) is 11.6 Å². The van der Waals surface area contributed by atoms with E-state index in [1.54, 1.807) is 30.0 Å². The Bertz CT molecular complexity index is 1230. The minimum Gasteiger partial charge on any atom is -0.352 e. The molecule has 1 atom stereocenters. The van der Waals surface area contributed by atoms with Crippen LogP contribution in [0.4, 0.5) is 5.69 Å². The zero-order valence-electron chi connectivity index (χ0n) is 22.3. The van der Waals surface area contributed by atoms with Crippen LogP contribution in [0.15, 0.2) is 46.9 Å². The third-order valence-corrected chi connectivity index (χ3v) is 8.86. The minimum atomic E-state index is -3.59. The maximum Gasteiger partial charge on any atom is 0.242 e. The van der Waals surface area contributed by atoms with Gasteiger partial charge in [0.25, 0.3) is 0 Å². The van der Waals surface area contributed by atoms with Crippen molar-refractivity contribution in [3.63, 3.8) is 0 Å². The lowest BCUT2D eigenvalue weighted by Gasteiger charge is -2.31. The van der Waals surface area contributed by atoms with Gasteiger partial charge in [-0.1, -0.05) is 65.0 Å². The second kappa shape index (κ2) is 13.8. The number of nitrogens with one attached hydrogen (secondary N) is 1. The number of halogens is 2. The van der Waals surface area contributed by atoms with Crippen molar-refractivity contribution in [2.45, 2.75) is 77.4 Å². The topological polar surface area (TPSA) is 86.8 Å². The molecule has 0 aromatic heterocycles. The van der Waals surface area contributed by atoms with Crippen molar-refractivity contribution in [3.8, 4) is 0 Å². The number of anilines is 1. The number of benzene rings is 2. The van der Waals surface area contributed by atoms with Crippen molar-refractivity contribution in [3.05, 3.63) is 63.1 Å². The van der Waals surface area contributed by atoms with Crippen LogP contribution in [0.25, 0.3) is 0 Å². The van der Waals surface area contributed by atoms with Crippen LogP contribution in [-0.2, 0) is 26.2 Å². The number of rotatable bonds is 11. The fraction of sp³-hybridized carbons (Fsp3) is 0.500. The highest BCUT2D eigenvalue weighted by molar-refractivity contribution is 9.10. The summed E-state index contributed by atoms with van der Waals surface area (Å²) < 4.78 is 27.4. The number of carbonyl (C=O) groups is 2. The van der Waals surface area contributed by atoms with Crippen LogP contribution in [0.5, 0.6) is 0 Å². The molecule has 0 radical (unpaired) electrons. The maximum absolute atomic E-state index is 13.5. The first-order chi connectivity index (χ1) is 18.0. The van der Waals surface area contributed by atoms with Gasteiger partial charge in [0.05, 0.1) is 11.9 Å². The van der Waals surface area contributed by atoms with Gasteiger partial charge in [0.15, 0.2) is 0 Å². The minimum absolute atomic E-state index is 0.0979. The summed E-state index contributed by atoms with van der Waals surface area (Å²) in [5, 5.41) is 3.57. The van der Waals surface area contributed by atoms with Gasteiger partial charge in [-0.2, -0.15) is 0 Å². The molecule has 38 heavy (non-hydrogen) atoms. The maximum atomic E-state index is 13.5. The van der Waals surface area contributed by atoms with Gasteiger partial charge in [-0.15, -0.1) is 0 Å². The van der Waals surface area contributed by atoms with Crippen molar-refractivity contribution in [2.75, 3.05) is 17.1 Å². The fourth-order valence-electron chi connectivity index (χ4n) is 4.82. The third-order valence-electron chi connectivity index (χ3n) is 6.95. The lowest BCUT2D eigenvalue weighted by Crippen LogP contribution is -2.50. The fourth-order valence-corrected chi connectivity index (χ4v) is 6.44. The van der Waals surface area contributed by atoms with Gasteiger partial charge in [0.1, 0.15) is 6.04 Å². The largest absolute Gasteiger partial charge is 0.352 e. The number of amides is 2. The molecular formula is C28H37BrClN3O4S. The molecular weight excluding hydrogens is 590 g/mol. The van der Waals surface area contributed by atoms with Gasteiger partial charge in [-0.05, 0) is 68.5 Å². The Kier molecular flexibility index (Phi) is 11.1. The summed E-state index contributed by atoms with van der Waals surface area (Å²) in [4.78, 5) is 28.3. The van der Waals surface area contributed by atoms with E-state index in [0.29, 0.717) is 17.1 Å². The van der Waals surface area contributed by atoms with Crippen molar-refractivity contribution < 1.29 is 18.0 Å². The van der Waals surface area contributed by atoms with E-state index in [9.17, 15) is 18.0 Å². The predicted octanol–water partition coefficient (Wildman–Crippen LogP) is 5.82. The molecule has 1 saturated carbocycles. The molecule has 1 aliphatic carbocycles. The average Bonchev–Trinajstić information content (AvgIpc) is 2.86. The van der Waals surface area contributed by atoms with Crippen molar-refractivity contribution in [1.82, 2.24) is 10.2 Å². The number of nitrogens with zero attached hydrogens (tertiary/aromatic N) is 2. The van der Waals surface area contributed by atoms with Gasteiger partial charge in [-0.25, -0.2) is 8.42 Å². The Morgan fingerprint density at radius 3 is 2.50 bits per heavy atom. The molecule has 0 spiro atoms. The lowest BCUT2D eigenvalue weighted by atomic mass is 9.95. The van der Waals surface area contributed by atoms with Gasteiger partial charge in [0.2, 0.25) is 21.8 Å². The van der Waals surface area contributed by atoms with Crippen LogP contribution >= 0.6 is 27.5 Å². The van der Waals surface area contributed by atoms with Crippen molar-refractivity contribution in [1.29, 1.82) is 0 Å². The molecule has 0 bridgehead atoms. The first kappa shape index (κ1) is 30.4. The zero-order chi connectivity index (χ0) is 27.9. The summed E-state index contributed by atoms with van der Waals surface area (Å²) in [6.45, 7) is 3.98. The first-order valence-electron chi connectivity index (χ1n) is 13.0. The normalized spacial score (nSPS) is 15.1. The monoisotopic (exact) mass is 625 g/mol. The van der Waals surface area contributed by atoms with Crippen LogP contribution < -0.4 is 9.62 Å². The van der Waals surface area contributed by atoms with Crippen molar-refractivity contribution in [2.24, 2.45) is 0 Å². The number of sulfonamides is 1. The van der Waals surface area contributed by atoms with Crippen molar-refractivity contribution >= 4 is 55.1 Å². The van der Waals surface area contributed by atoms with E-state index >= 15 is 0 Å². The second-order valence-corrected chi connectivity index (χ2v) is 13.3. The molecule has 1 unspecified atom stereocenters. The van der Waals surface area contributed by atoms with Crippen LogP contribution in [0.3, 0.4) is 0 Å². The van der Waals surface area contributed by atoms with Crippen LogP contribution in [0, 0.1) is 6.92 Å². The smallest absolute Gasteiger partial charge is 0.242 e. The molecule has 1 fully saturated rings. The molecule has 7 nitrogen and oxygen atoms in total. The Labute approximate surface area is 240 Å².